The fourth-order valence-corrected chi connectivity index (χ4v) is 6.14. The number of likely N-dealkylation sites (tertiary alicyclic amines) is 1. The largest absolute Gasteiger partial charge is 0.465 e. The van der Waals surface area contributed by atoms with Gasteiger partial charge in [0.15, 0.2) is 0 Å². The van der Waals surface area contributed by atoms with E-state index in [1.807, 2.05) is 31.2 Å². The van der Waals surface area contributed by atoms with Gasteiger partial charge < -0.3 is 24.4 Å². The summed E-state index contributed by atoms with van der Waals surface area (Å²) in [5.74, 6) is -2.73. The van der Waals surface area contributed by atoms with Crippen LogP contribution in [0.1, 0.15) is 59.3 Å². The molecular formula is C26H38N2O6. The highest BCUT2D eigenvalue weighted by atomic mass is 16.6. The lowest BCUT2D eigenvalue weighted by Crippen LogP contribution is -2.58. The Morgan fingerprint density at radius 1 is 1.12 bits per heavy atom. The second-order valence-electron chi connectivity index (χ2n) is 10.0. The van der Waals surface area contributed by atoms with Gasteiger partial charge in [0, 0.05) is 13.1 Å². The molecule has 0 aliphatic carbocycles. The monoisotopic (exact) mass is 474 g/mol. The van der Waals surface area contributed by atoms with E-state index in [4.69, 9.17) is 9.47 Å². The van der Waals surface area contributed by atoms with E-state index in [0.29, 0.717) is 26.1 Å². The molecule has 1 spiro atoms. The summed E-state index contributed by atoms with van der Waals surface area (Å²) in [5.41, 5.74) is -2.33. The van der Waals surface area contributed by atoms with Crippen molar-refractivity contribution in [3.63, 3.8) is 0 Å². The molecular weight excluding hydrogens is 436 g/mol. The summed E-state index contributed by atoms with van der Waals surface area (Å²) < 4.78 is 12.5. The number of fused-ring (bicyclic) bond motifs is 2. The van der Waals surface area contributed by atoms with E-state index in [1.54, 1.807) is 11.8 Å². The molecule has 0 aromatic carbocycles. The minimum atomic E-state index is -1.29. The Morgan fingerprint density at radius 3 is 2.62 bits per heavy atom. The fraction of sp³-hybridized carbons (Fsp3) is 0.731. The SMILES string of the molecule is CCCCN1CC=C[C@]23O[C@@]4(CC)/C=C\CCCCOC(=O)[C@H]4[C@H]2C(=O)N([C@H](C)CO)C3C1=O. The van der Waals surface area contributed by atoms with Gasteiger partial charge in [-0.25, -0.2) is 0 Å². The molecule has 0 radical (unpaired) electrons. The maximum Gasteiger partial charge on any atom is 0.313 e. The summed E-state index contributed by atoms with van der Waals surface area (Å²) in [7, 11) is 0. The summed E-state index contributed by atoms with van der Waals surface area (Å²) in [6, 6.07) is -1.53. The molecule has 2 amide bonds. The normalized spacial score (nSPS) is 37.5. The van der Waals surface area contributed by atoms with E-state index in [-0.39, 0.29) is 18.4 Å². The number of ether oxygens (including phenoxy) is 2. The molecule has 0 aromatic heterocycles. The van der Waals surface area contributed by atoms with Crippen LogP contribution in [0, 0.1) is 11.8 Å². The van der Waals surface area contributed by atoms with Gasteiger partial charge in [0.05, 0.1) is 25.2 Å². The highest BCUT2D eigenvalue weighted by molar-refractivity contribution is 5.99. The van der Waals surface area contributed by atoms with Crippen molar-refractivity contribution in [3.8, 4) is 0 Å². The molecule has 4 aliphatic heterocycles. The number of allylic oxidation sites excluding steroid dienone is 1. The number of esters is 1. The van der Waals surface area contributed by atoms with E-state index < -0.39 is 41.1 Å². The predicted octanol–water partition coefficient (Wildman–Crippen LogP) is 2.21. The number of hydrogen-bond donors (Lipinski definition) is 1. The Hall–Kier alpha value is -2.19. The number of aliphatic hydroxyl groups is 1. The molecule has 188 valence electrons. The van der Waals surface area contributed by atoms with Crippen LogP contribution in [0.15, 0.2) is 24.3 Å². The van der Waals surface area contributed by atoms with Crippen molar-refractivity contribution < 1.29 is 29.0 Å². The smallest absolute Gasteiger partial charge is 0.313 e. The predicted molar refractivity (Wildman–Crippen MR) is 126 cm³/mol. The molecule has 8 nitrogen and oxygen atoms in total. The number of hydrogen-bond acceptors (Lipinski definition) is 6. The average Bonchev–Trinajstić information content (AvgIpc) is 3.20. The molecule has 4 heterocycles. The van der Waals surface area contributed by atoms with Crippen LogP contribution in [0.4, 0.5) is 0 Å². The zero-order chi connectivity index (χ0) is 24.5. The maximum atomic E-state index is 14.0. The quantitative estimate of drug-likeness (QED) is 0.468. The zero-order valence-electron chi connectivity index (χ0n) is 20.6. The van der Waals surface area contributed by atoms with Gasteiger partial charge in [0.25, 0.3) is 0 Å². The molecule has 2 fully saturated rings. The van der Waals surface area contributed by atoms with Crippen molar-refractivity contribution in [3.05, 3.63) is 24.3 Å². The van der Waals surface area contributed by atoms with Crippen LogP contribution in [0.25, 0.3) is 0 Å². The molecule has 2 saturated heterocycles. The Bertz CT molecular complexity index is 871. The van der Waals surface area contributed by atoms with Crippen LogP contribution in [-0.4, -0.2) is 82.3 Å². The number of aliphatic hydroxyl groups excluding tert-OH is 1. The number of rotatable bonds is 6. The first-order valence-corrected chi connectivity index (χ1v) is 12.8. The van der Waals surface area contributed by atoms with Gasteiger partial charge in [0.2, 0.25) is 11.8 Å². The van der Waals surface area contributed by atoms with Gasteiger partial charge in [0.1, 0.15) is 23.2 Å². The van der Waals surface area contributed by atoms with Crippen LogP contribution < -0.4 is 0 Å². The Balaban J connectivity index is 1.87. The third-order valence-corrected chi connectivity index (χ3v) is 7.93. The van der Waals surface area contributed by atoms with Crippen LogP contribution >= 0.6 is 0 Å². The van der Waals surface area contributed by atoms with Crippen molar-refractivity contribution >= 4 is 17.8 Å². The molecule has 34 heavy (non-hydrogen) atoms. The third kappa shape index (κ3) is 3.79. The van der Waals surface area contributed by atoms with Crippen molar-refractivity contribution in [2.75, 3.05) is 26.3 Å². The first kappa shape index (κ1) is 24.9. The number of unbranched alkanes of at least 4 members (excludes halogenated alkanes) is 1. The van der Waals surface area contributed by atoms with Gasteiger partial charge in [-0.3, -0.25) is 14.4 Å². The minimum absolute atomic E-state index is 0.193. The van der Waals surface area contributed by atoms with Gasteiger partial charge in [-0.2, -0.15) is 0 Å². The first-order chi connectivity index (χ1) is 16.4. The van der Waals surface area contributed by atoms with Gasteiger partial charge >= 0.3 is 5.97 Å². The Labute approximate surface area is 201 Å². The number of carbonyl (C=O) groups is 3. The number of cyclic esters (lactones) is 1. The van der Waals surface area contributed by atoms with Crippen molar-refractivity contribution in [2.24, 2.45) is 11.8 Å². The summed E-state index contributed by atoms with van der Waals surface area (Å²) in [5, 5.41) is 9.98. The van der Waals surface area contributed by atoms with E-state index in [9.17, 15) is 19.5 Å². The van der Waals surface area contributed by atoms with Gasteiger partial charge in [-0.15, -0.1) is 0 Å². The summed E-state index contributed by atoms with van der Waals surface area (Å²) >= 11 is 0. The molecule has 8 heteroatoms. The van der Waals surface area contributed by atoms with Gasteiger partial charge in [-0.1, -0.05) is 44.6 Å². The molecule has 4 aliphatic rings. The van der Waals surface area contributed by atoms with E-state index in [0.717, 1.165) is 32.1 Å². The lowest BCUT2D eigenvalue weighted by molar-refractivity contribution is -0.163. The molecule has 6 atom stereocenters. The zero-order valence-corrected chi connectivity index (χ0v) is 20.6. The molecule has 0 aromatic rings. The maximum absolute atomic E-state index is 14.0. The molecule has 1 unspecified atom stereocenters. The molecule has 0 saturated carbocycles. The Kier molecular flexibility index (Phi) is 7.20. The second kappa shape index (κ2) is 9.82. The number of amides is 2. The van der Waals surface area contributed by atoms with Crippen LogP contribution in [0.5, 0.6) is 0 Å². The standard InChI is InChI=1S/C26H38N2O6/c1-4-6-14-27-15-11-13-26-19(22(30)28(18(3)17-29)21(26)23(27)31)20-24(32)33-16-10-8-7-9-12-25(20,5-2)34-26/h9,11-13,18-21,29H,4-8,10,14-17H2,1-3H3/b12-9-/t18-,19+,20-,21?,25+,26+/m1/s1. The van der Waals surface area contributed by atoms with Crippen molar-refractivity contribution in [1.82, 2.24) is 9.80 Å². The van der Waals surface area contributed by atoms with Crippen molar-refractivity contribution in [2.45, 2.75) is 82.6 Å². The number of carbonyl (C=O) groups excluding carboxylic acids is 3. The minimum Gasteiger partial charge on any atom is -0.465 e. The second-order valence-corrected chi connectivity index (χ2v) is 10.0. The van der Waals surface area contributed by atoms with E-state index >= 15 is 0 Å². The van der Waals surface area contributed by atoms with Crippen molar-refractivity contribution in [1.29, 1.82) is 0 Å². The first-order valence-electron chi connectivity index (χ1n) is 12.8. The van der Waals surface area contributed by atoms with E-state index in [1.165, 1.54) is 4.90 Å². The lowest BCUT2D eigenvalue weighted by atomic mass is 9.73. The highest BCUT2D eigenvalue weighted by Crippen LogP contribution is 2.58. The Morgan fingerprint density at radius 2 is 1.91 bits per heavy atom. The average molecular weight is 475 g/mol. The fourth-order valence-electron chi connectivity index (χ4n) is 6.14. The summed E-state index contributed by atoms with van der Waals surface area (Å²) in [6.45, 7) is 6.76. The summed E-state index contributed by atoms with van der Waals surface area (Å²) in [6.07, 6.45) is 12.5. The highest BCUT2D eigenvalue weighted by Gasteiger charge is 2.75. The topological polar surface area (TPSA) is 96.4 Å². The van der Waals surface area contributed by atoms with Crippen LogP contribution in [0.3, 0.4) is 0 Å². The van der Waals surface area contributed by atoms with Crippen LogP contribution in [0.2, 0.25) is 0 Å². The van der Waals surface area contributed by atoms with Gasteiger partial charge in [-0.05, 0) is 39.0 Å². The summed E-state index contributed by atoms with van der Waals surface area (Å²) in [4.78, 5) is 44.7. The number of nitrogens with zero attached hydrogens (tertiary/aromatic N) is 2. The lowest BCUT2D eigenvalue weighted by Gasteiger charge is -2.40. The molecule has 0 bridgehead atoms. The molecule has 4 rings (SSSR count). The van der Waals surface area contributed by atoms with Crippen LogP contribution in [-0.2, 0) is 23.9 Å². The van der Waals surface area contributed by atoms with E-state index in [2.05, 4.69) is 6.92 Å². The third-order valence-electron chi connectivity index (χ3n) is 7.93. The molecule has 1 N–H and O–H groups in total.